The van der Waals surface area contributed by atoms with Crippen molar-refractivity contribution in [3.63, 3.8) is 0 Å². The molecule has 3 nitrogen and oxygen atoms in total. The summed E-state index contributed by atoms with van der Waals surface area (Å²) in [6, 6.07) is 15.5. The Labute approximate surface area is 121 Å². The van der Waals surface area contributed by atoms with Crippen LogP contribution in [0.5, 0.6) is 0 Å². The van der Waals surface area contributed by atoms with Gasteiger partial charge in [-0.05, 0) is 18.2 Å². The van der Waals surface area contributed by atoms with E-state index in [2.05, 4.69) is 10.3 Å². The summed E-state index contributed by atoms with van der Waals surface area (Å²) in [5, 5.41) is 3.52. The summed E-state index contributed by atoms with van der Waals surface area (Å²) in [7, 11) is 0. The molecule has 1 heterocycles. The van der Waals surface area contributed by atoms with Crippen LogP contribution < -0.4 is 5.32 Å². The summed E-state index contributed by atoms with van der Waals surface area (Å²) < 4.78 is 13.5. The molecule has 0 saturated heterocycles. The molecule has 3 aromatic rings. The zero-order valence-electron chi connectivity index (χ0n) is 11.2. The molecule has 1 amide bonds. The minimum Gasteiger partial charge on any atom is -0.348 e. The number of nitrogens with zero attached hydrogens (tertiary/aromatic N) is 1. The monoisotopic (exact) mass is 280 g/mol. The second-order valence-corrected chi connectivity index (χ2v) is 4.65. The lowest BCUT2D eigenvalue weighted by Crippen LogP contribution is -2.23. The summed E-state index contributed by atoms with van der Waals surface area (Å²) in [5.74, 6) is -0.561. The second kappa shape index (κ2) is 5.71. The van der Waals surface area contributed by atoms with Gasteiger partial charge in [0, 0.05) is 23.7 Å². The largest absolute Gasteiger partial charge is 0.348 e. The van der Waals surface area contributed by atoms with E-state index in [4.69, 9.17) is 0 Å². The predicted octanol–water partition coefficient (Wildman–Crippen LogP) is 3.30. The Morgan fingerprint density at radius 1 is 1.05 bits per heavy atom. The molecule has 0 bridgehead atoms. The maximum Gasteiger partial charge on any atom is 0.252 e. The van der Waals surface area contributed by atoms with Gasteiger partial charge in [0.25, 0.3) is 5.91 Å². The van der Waals surface area contributed by atoms with Gasteiger partial charge in [-0.3, -0.25) is 9.78 Å². The van der Waals surface area contributed by atoms with Crippen molar-refractivity contribution in [2.24, 2.45) is 0 Å². The van der Waals surface area contributed by atoms with Gasteiger partial charge in [-0.25, -0.2) is 4.39 Å². The van der Waals surface area contributed by atoms with Crippen molar-refractivity contribution >= 4 is 16.8 Å². The van der Waals surface area contributed by atoms with Crippen molar-refractivity contribution in [3.8, 4) is 0 Å². The molecule has 2 aromatic carbocycles. The minimum absolute atomic E-state index is 0.155. The van der Waals surface area contributed by atoms with Crippen LogP contribution in [0.15, 0.2) is 60.8 Å². The van der Waals surface area contributed by atoms with Gasteiger partial charge in [0.15, 0.2) is 0 Å². The highest BCUT2D eigenvalue weighted by atomic mass is 19.1. The summed E-state index contributed by atoms with van der Waals surface area (Å²) in [4.78, 5) is 16.5. The molecule has 21 heavy (non-hydrogen) atoms. The van der Waals surface area contributed by atoms with E-state index in [-0.39, 0.29) is 18.3 Å². The molecule has 4 heteroatoms. The Morgan fingerprint density at radius 3 is 2.67 bits per heavy atom. The van der Waals surface area contributed by atoms with Crippen LogP contribution in [-0.4, -0.2) is 10.9 Å². The fourth-order valence-corrected chi connectivity index (χ4v) is 2.21. The lowest BCUT2D eigenvalue weighted by Gasteiger charge is -2.08. The highest BCUT2D eigenvalue weighted by molar-refractivity contribution is 6.05. The smallest absolute Gasteiger partial charge is 0.252 e. The van der Waals surface area contributed by atoms with Crippen LogP contribution in [0, 0.1) is 5.82 Å². The quantitative estimate of drug-likeness (QED) is 0.799. The number of hydrogen-bond donors (Lipinski definition) is 1. The predicted molar refractivity (Wildman–Crippen MR) is 79.3 cm³/mol. The second-order valence-electron chi connectivity index (χ2n) is 4.65. The minimum atomic E-state index is -0.322. The van der Waals surface area contributed by atoms with Crippen LogP contribution in [-0.2, 0) is 6.54 Å². The highest BCUT2D eigenvalue weighted by Crippen LogP contribution is 2.16. The van der Waals surface area contributed by atoms with Crippen molar-refractivity contribution in [3.05, 3.63) is 77.7 Å². The normalized spacial score (nSPS) is 10.5. The Balaban J connectivity index is 1.83. The van der Waals surface area contributed by atoms with Crippen molar-refractivity contribution < 1.29 is 9.18 Å². The number of aromatic nitrogens is 1. The molecule has 0 aliphatic rings. The maximum atomic E-state index is 13.5. The topological polar surface area (TPSA) is 42.0 Å². The van der Waals surface area contributed by atoms with E-state index in [1.165, 1.54) is 6.07 Å². The Kier molecular flexibility index (Phi) is 3.60. The van der Waals surface area contributed by atoms with Gasteiger partial charge in [-0.2, -0.15) is 0 Å². The molecule has 1 aromatic heterocycles. The maximum absolute atomic E-state index is 13.5. The molecular weight excluding hydrogens is 267 g/mol. The summed E-state index contributed by atoms with van der Waals surface area (Å²) in [5.41, 5.74) is 1.76. The van der Waals surface area contributed by atoms with Gasteiger partial charge < -0.3 is 5.32 Å². The number of carbonyl (C=O) groups excluding carboxylic acids is 1. The zero-order chi connectivity index (χ0) is 14.7. The number of pyridine rings is 1. The number of fused-ring (bicyclic) bond motifs is 1. The van der Waals surface area contributed by atoms with Crippen molar-refractivity contribution in [2.75, 3.05) is 0 Å². The van der Waals surface area contributed by atoms with Crippen LogP contribution in [0.4, 0.5) is 4.39 Å². The summed E-state index contributed by atoms with van der Waals surface area (Å²) >= 11 is 0. The van der Waals surface area contributed by atoms with Gasteiger partial charge in [0.05, 0.1) is 11.1 Å². The van der Waals surface area contributed by atoms with Crippen LogP contribution >= 0.6 is 0 Å². The lowest BCUT2D eigenvalue weighted by atomic mass is 10.1. The number of nitrogens with one attached hydrogen (secondary N) is 1. The first-order chi connectivity index (χ1) is 10.3. The van der Waals surface area contributed by atoms with E-state index in [9.17, 15) is 9.18 Å². The third-order valence-electron chi connectivity index (χ3n) is 3.29. The SMILES string of the molecule is O=C(NCc1ccccc1F)c1ccnc2ccccc12. The third-order valence-corrected chi connectivity index (χ3v) is 3.29. The first kappa shape index (κ1) is 13.2. The van der Waals surface area contributed by atoms with Gasteiger partial charge >= 0.3 is 0 Å². The zero-order valence-corrected chi connectivity index (χ0v) is 11.2. The number of rotatable bonds is 3. The molecule has 0 radical (unpaired) electrons. The molecule has 1 N–H and O–H groups in total. The van der Waals surface area contributed by atoms with Crippen LogP contribution in [0.2, 0.25) is 0 Å². The Hall–Kier alpha value is -2.75. The van der Waals surface area contributed by atoms with Gasteiger partial charge in [-0.1, -0.05) is 36.4 Å². The number of halogens is 1. The number of amides is 1. The van der Waals surface area contributed by atoms with Gasteiger partial charge in [0.1, 0.15) is 5.82 Å². The van der Waals surface area contributed by atoms with Gasteiger partial charge in [0.2, 0.25) is 0 Å². The van der Waals surface area contributed by atoms with Crippen molar-refractivity contribution in [2.45, 2.75) is 6.54 Å². The average molecular weight is 280 g/mol. The number of hydrogen-bond acceptors (Lipinski definition) is 2. The molecule has 0 aliphatic heterocycles. The fraction of sp³-hybridized carbons (Fsp3) is 0.0588. The number of carbonyl (C=O) groups is 1. The average Bonchev–Trinajstić information content (AvgIpc) is 2.53. The van der Waals surface area contributed by atoms with E-state index >= 15 is 0 Å². The fourth-order valence-electron chi connectivity index (χ4n) is 2.21. The molecule has 0 fully saturated rings. The molecular formula is C17H13FN2O. The standard InChI is InChI=1S/C17H13FN2O/c18-15-7-3-1-5-12(15)11-20-17(21)14-9-10-19-16-8-4-2-6-13(14)16/h1-10H,11H2,(H,20,21). The Morgan fingerprint density at radius 2 is 1.81 bits per heavy atom. The molecule has 0 aliphatic carbocycles. The lowest BCUT2D eigenvalue weighted by molar-refractivity contribution is 0.0952. The van der Waals surface area contributed by atoms with Crippen LogP contribution in [0.3, 0.4) is 0 Å². The van der Waals surface area contributed by atoms with Crippen LogP contribution in [0.1, 0.15) is 15.9 Å². The molecule has 104 valence electrons. The van der Waals surface area contributed by atoms with E-state index in [0.29, 0.717) is 11.1 Å². The van der Waals surface area contributed by atoms with E-state index in [1.54, 1.807) is 30.5 Å². The molecule has 0 spiro atoms. The molecule has 0 atom stereocenters. The van der Waals surface area contributed by atoms with Crippen LogP contribution in [0.25, 0.3) is 10.9 Å². The molecule has 0 saturated carbocycles. The highest BCUT2D eigenvalue weighted by Gasteiger charge is 2.10. The number of benzene rings is 2. The Bertz CT molecular complexity index is 796. The van der Waals surface area contributed by atoms with Gasteiger partial charge in [-0.15, -0.1) is 0 Å². The van der Waals surface area contributed by atoms with E-state index in [0.717, 1.165) is 10.9 Å². The number of para-hydroxylation sites is 1. The molecule has 3 rings (SSSR count). The summed E-state index contributed by atoms with van der Waals surface area (Å²) in [6.45, 7) is 0.155. The summed E-state index contributed by atoms with van der Waals surface area (Å²) in [6.07, 6.45) is 1.60. The first-order valence-corrected chi connectivity index (χ1v) is 6.61. The molecule has 0 unspecified atom stereocenters. The van der Waals surface area contributed by atoms with E-state index in [1.807, 2.05) is 24.3 Å². The van der Waals surface area contributed by atoms with Crippen molar-refractivity contribution in [1.29, 1.82) is 0 Å². The third kappa shape index (κ3) is 2.74. The van der Waals surface area contributed by atoms with Crippen molar-refractivity contribution in [1.82, 2.24) is 10.3 Å². The first-order valence-electron chi connectivity index (χ1n) is 6.61. The van der Waals surface area contributed by atoms with E-state index < -0.39 is 0 Å².